The Balaban J connectivity index is 1.79. The predicted molar refractivity (Wildman–Crippen MR) is 68.3 cm³/mol. The molecule has 0 saturated carbocycles. The fourth-order valence-corrected chi connectivity index (χ4v) is 2.43. The first kappa shape index (κ1) is 13.4. The Labute approximate surface area is 107 Å². The summed E-state index contributed by atoms with van der Waals surface area (Å²) in [6, 6.07) is 4.62. The summed E-state index contributed by atoms with van der Waals surface area (Å²) in [6.07, 6.45) is 3.76. The number of hydrogen-bond donors (Lipinski definition) is 1. The highest BCUT2D eigenvalue weighted by molar-refractivity contribution is 5.17. The Bertz CT molecular complexity index is 395. The maximum atomic E-state index is 13.0. The van der Waals surface area contributed by atoms with Crippen molar-refractivity contribution in [1.82, 2.24) is 10.2 Å². The zero-order chi connectivity index (χ0) is 13.0. The van der Waals surface area contributed by atoms with Gasteiger partial charge < -0.3 is 10.2 Å². The SMILES string of the molecule is CN1CCCCC1CNCc1ccc(F)c(F)c1. The summed E-state index contributed by atoms with van der Waals surface area (Å²) < 4.78 is 25.8. The number of nitrogens with zero attached hydrogens (tertiary/aromatic N) is 1. The molecule has 0 aromatic heterocycles. The van der Waals surface area contributed by atoms with Gasteiger partial charge in [-0.3, -0.25) is 0 Å². The van der Waals surface area contributed by atoms with Crippen LogP contribution in [0.2, 0.25) is 0 Å². The maximum absolute atomic E-state index is 13.0. The number of halogens is 2. The molecule has 1 unspecified atom stereocenters. The van der Waals surface area contributed by atoms with Crippen molar-refractivity contribution in [3.8, 4) is 0 Å². The third-order valence-corrected chi connectivity index (χ3v) is 3.61. The zero-order valence-electron chi connectivity index (χ0n) is 10.8. The van der Waals surface area contributed by atoms with Crippen molar-refractivity contribution < 1.29 is 8.78 Å². The smallest absolute Gasteiger partial charge is 0.159 e. The quantitative estimate of drug-likeness (QED) is 0.888. The Morgan fingerprint density at radius 3 is 2.83 bits per heavy atom. The Hall–Kier alpha value is -1.00. The highest BCUT2D eigenvalue weighted by Crippen LogP contribution is 2.14. The molecule has 1 aromatic carbocycles. The van der Waals surface area contributed by atoms with Gasteiger partial charge in [-0.25, -0.2) is 8.78 Å². The molecule has 4 heteroatoms. The van der Waals surface area contributed by atoms with Crippen molar-refractivity contribution in [2.45, 2.75) is 31.8 Å². The van der Waals surface area contributed by atoms with Crippen molar-refractivity contribution >= 4 is 0 Å². The molecule has 1 saturated heterocycles. The second-order valence-corrected chi connectivity index (χ2v) is 5.01. The first-order valence-corrected chi connectivity index (χ1v) is 6.51. The Morgan fingerprint density at radius 2 is 2.11 bits per heavy atom. The van der Waals surface area contributed by atoms with E-state index in [0.29, 0.717) is 12.6 Å². The first-order valence-electron chi connectivity index (χ1n) is 6.51. The summed E-state index contributed by atoms with van der Waals surface area (Å²) in [4.78, 5) is 2.36. The standard InChI is InChI=1S/C14H20F2N2/c1-18-7-3-2-4-12(18)10-17-9-11-5-6-13(15)14(16)8-11/h5-6,8,12,17H,2-4,7,9-10H2,1H3. The van der Waals surface area contributed by atoms with Crippen LogP contribution in [0, 0.1) is 11.6 Å². The molecule has 0 amide bonds. The number of benzene rings is 1. The van der Waals surface area contributed by atoms with E-state index < -0.39 is 11.6 Å². The summed E-state index contributed by atoms with van der Waals surface area (Å²) in [5, 5.41) is 3.32. The van der Waals surface area contributed by atoms with E-state index in [2.05, 4.69) is 17.3 Å². The molecule has 1 atom stereocenters. The van der Waals surface area contributed by atoms with Gasteiger partial charge in [-0.1, -0.05) is 12.5 Å². The summed E-state index contributed by atoms with van der Waals surface area (Å²) >= 11 is 0. The molecule has 0 radical (unpaired) electrons. The third-order valence-electron chi connectivity index (χ3n) is 3.61. The molecule has 0 bridgehead atoms. The van der Waals surface area contributed by atoms with Crippen molar-refractivity contribution in [1.29, 1.82) is 0 Å². The van der Waals surface area contributed by atoms with Crippen molar-refractivity contribution in [2.75, 3.05) is 20.1 Å². The summed E-state index contributed by atoms with van der Waals surface area (Å²) in [5.74, 6) is -1.56. The largest absolute Gasteiger partial charge is 0.311 e. The van der Waals surface area contributed by atoms with Gasteiger partial charge in [0.2, 0.25) is 0 Å². The second-order valence-electron chi connectivity index (χ2n) is 5.01. The van der Waals surface area contributed by atoms with Gasteiger partial charge in [-0.15, -0.1) is 0 Å². The normalized spacial score (nSPS) is 21.2. The molecule has 1 aliphatic rings. The Kier molecular flexibility index (Phi) is 4.66. The van der Waals surface area contributed by atoms with Crippen LogP contribution >= 0.6 is 0 Å². The van der Waals surface area contributed by atoms with E-state index in [-0.39, 0.29) is 0 Å². The minimum absolute atomic E-state index is 0.559. The van der Waals surface area contributed by atoms with E-state index >= 15 is 0 Å². The number of piperidine rings is 1. The second kappa shape index (κ2) is 6.25. The molecular weight excluding hydrogens is 234 g/mol. The van der Waals surface area contributed by atoms with Gasteiger partial charge in [-0.05, 0) is 44.1 Å². The minimum atomic E-state index is -0.786. The molecule has 1 aromatic rings. The average Bonchev–Trinajstić information content (AvgIpc) is 2.36. The van der Waals surface area contributed by atoms with Crippen molar-refractivity contribution in [3.63, 3.8) is 0 Å². The lowest BCUT2D eigenvalue weighted by atomic mass is 10.0. The topological polar surface area (TPSA) is 15.3 Å². The average molecular weight is 254 g/mol. The number of hydrogen-bond acceptors (Lipinski definition) is 2. The van der Waals surface area contributed by atoms with Crippen LogP contribution in [0.15, 0.2) is 18.2 Å². The molecule has 100 valence electrons. The van der Waals surface area contributed by atoms with Crippen molar-refractivity contribution in [2.24, 2.45) is 0 Å². The van der Waals surface area contributed by atoms with E-state index in [9.17, 15) is 8.78 Å². The molecular formula is C14H20F2N2. The number of likely N-dealkylation sites (tertiary alicyclic amines) is 1. The molecule has 1 aliphatic heterocycles. The molecule has 1 fully saturated rings. The molecule has 2 nitrogen and oxygen atoms in total. The monoisotopic (exact) mass is 254 g/mol. The van der Waals surface area contributed by atoms with Gasteiger partial charge >= 0.3 is 0 Å². The molecule has 1 N–H and O–H groups in total. The van der Waals surface area contributed by atoms with Crippen LogP contribution < -0.4 is 5.32 Å². The van der Waals surface area contributed by atoms with Crippen LogP contribution in [-0.4, -0.2) is 31.1 Å². The fraction of sp³-hybridized carbons (Fsp3) is 0.571. The van der Waals surface area contributed by atoms with Crippen LogP contribution in [0.1, 0.15) is 24.8 Å². The highest BCUT2D eigenvalue weighted by atomic mass is 19.2. The number of likely N-dealkylation sites (N-methyl/N-ethyl adjacent to an activating group) is 1. The van der Waals surface area contributed by atoms with Crippen LogP contribution in [0.25, 0.3) is 0 Å². The molecule has 1 heterocycles. The number of nitrogens with one attached hydrogen (secondary N) is 1. The van der Waals surface area contributed by atoms with E-state index in [4.69, 9.17) is 0 Å². The van der Waals surface area contributed by atoms with E-state index in [1.165, 1.54) is 31.4 Å². The van der Waals surface area contributed by atoms with Gasteiger partial charge in [0, 0.05) is 19.1 Å². The van der Waals surface area contributed by atoms with Gasteiger partial charge in [0.05, 0.1) is 0 Å². The van der Waals surface area contributed by atoms with Gasteiger partial charge in [-0.2, -0.15) is 0 Å². The van der Waals surface area contributed by atoms with Gasteiger partial charge in [0.15, 0.2) is 11.6 Å². The molecule has 0 spiro atoms. The maximum Gasteiger partial charge on any atom is 0.159 e. The van der Waals surface area contributed by atoms with Crippen molar-refractivity contribution in [3.05, 3.63) is 35.4 Å². The fourth-order valence-electron chi connectivity index (χ4n) is 2.43. The lowest BCUT2D eigenvalue weighted by Crippen LogP contribution is -2.42. The summed E-state index contributed by atoms with van der Waals surface area (Å²) in [6.45, 7) is 2.63. The Morgan fingerprint density at radius 1 is 1.28 bits per heavy atom. The molecule has 2 rings (SSSR count). The molecule has 0 aliphatic carbocycles. The van der Waals surface area contributed by atoms with Gasteiger partial charge in [0.1, 0.15) is 0 Å². The van der Waals surface area contributed by atoms with Crippen LogP contribution in [-0.2, 0) is 6.54 Å². The van der Waals surface area contributed by atoms with Crippen LogP contribution in [0.4, 0.5) is 8.78 Å². The highest BCUT2D eigenvalue weighted by Gasteiger charge is 2.17. The summed E-state index contributed by atoms with van der Waals surface area (Å²) in [5.41, 5.74) is 0.785. The minimum Gasteiger partial charge on any atom is -0.311 e. The molecule has 18 heavy (non-hydrogen) atoms. The van der Waals surface area contributed by atoms with E-state index in [0.717, 1.165) is 18.7 Å². The van der Waals surface area contributed by atoms with Crippen LogP contribution in [0.3, 0.4) is 0 Å². The first-order chi connectivity index (χ1) is 8.66. The third kappa shape index (κ3) is 3.50. The van der Waals surface area contributed by atoms with Crippen LogP contribution in [0.5, 0.6) is 0 Å². The predicted octanol–water partition coefficient (Wildman–Crippen LogP) is 2.54. The lowest BCUT2D eigenvalue weighted by molar-refractivity contribution is 0.181. The summed E-state index contributed by atoms with van der Waals surface area (Å²) in [7, 11) is 2.14. The number of rotatable bonds is 4. The van der Waals surface area contributed by atoms with Gasteiger partial charge in [0.25, 0.3) is 0 Å². The van der Waals surface area contributed by atoms with E-state index in [1.54, 1.807) is 6.07 Å². The van der Waals surface area contributed by atoms with E-state index in [1.807, 2.05) is 0 Å². The zero-order valence-corrected chi connectivity index (χ0v) is 10.8. The lowest BCUT2D eigenvalue weighted by Gasteiger charge is -2.32.